The van der Waals surface area contributed by atoms with Gasteiger partial charge in [0.1, 0.15) is 0 Å². The van der Waals surface area contributed by atoms with Crippen molar-refractivity contribution in [2.45, 2.75) is 13.8 Å². The Morgan fingerprint density at radius 2 is 1.73 bits per heavy atom. The number of carbonyl (C=O) groups is 1. The highest BCUT2D eigenvalue weighted by atomic mass is 16.7. The molecule has 112 valence electrons. The summed E-state index contributed by atoms with van der Waals surface area (Å²) in [6.45, 7) is 4.04. The van der Waals surface area contributed by atoms with Crippen LogP contribution in [0.15, 0.2) is 47.6 Å². The van der Waals surface area contributed by atoms with Crippen molar-refractivity contribution in [1.29, 1.82) is 0 Å². The van der Waals surface area contributed by atoms with Crippen molar-refractivity contribution < 1.29 is 14.3 Å². The van der Waals surface area contributed by atoms with Crippen LogP contribution in [0.5, 0.6) is 11.5 Å². The van der Waals surface area contributed by atoms with E-state index in [1.54, 1.807) is 12.1 Å². The third-order valence-corrected chi connectivity index (χ3v) is 3.43. The molecule has 0 saturated carbocycles. The lowest BCUT2D eigenvalue weighted by Crippen LogP contribution is -2.19. The molecule has 1 aliphatic heterocycles. The summed E-state index contributed by atoms with van der Waals surface area (Å²) >= 11 is 0. The molecule has 2 aromatic rings. The predicted molar refractivity (Wildman–Crippen MR) is 83.4 cm³/mol. The normalized spacial score (nSPS) is 13.1. The first-order chi connectivity index (χ1) is 10.6. The number of benzene rings is 2. The van der Waals surface area contributed by atoms with Gasteiger partial charge in [-0.3, -0.25) is 4.79 Å². The smallest absolute Gasteiger partial charge is 0.271 e. The molecule has 0 aromatic heterocycles. The molecule has 0 bridgehead atoms. The number of rotatable bonds is 3. The van der Waals surface area contributed by atoms with E-state index in [1.165, 1.54) is 0 Å². The van der Waals surface area contributed by atoms with Crippen molar-refractivity contribution in [2.24, 2.45) is 5.10 Å². The first kappa shape index (κ1) is 14.1. The van der Waals surface area contributed by atoms with Gasteiger partial charge in [-0.2, -0.15) is 5.10 Å². The van der Waals surface area contributed by atoms with Crippen molar-refractivity contribution in [3.8, 4) is 11.5 Å². The fourth-order valence-corrected chi connectivity index (χ4v) is 2.09. The Morgan fingerprint density at radius 3 is 2.50 bits per heavy atom. The Morgan fingerprint density at radius 1 is 1.05 bits per heavy atom. The first-order valence-corrected chi connectivity index (χ1v) is 6.95. The Labute approximate surface area is 128 Å². The molecule has 0 unspecified atom stereocenters. The number of hydrogen-bond acceptors (Lipinski definition) is 4. The van der Waals surface area contributed by atoms with E-state index in [0.717, 1.165) is 16.9 Å². The molecule has 0 atom stereocenters. The molecule has 5 nitrogen and oxygen atoms in total. The zero-order valence-electron chi connectivity index (χ0n) is 12.4. The zero-order chi connectivity index (χ0) is 15.5. The van der Waals surface area contributed by atoms with Crippen LogP contribution in [0.1, 0.15) is 28.4 Å². The van der Waals surface area contributed by atoms with Crippen molar-refractivity contribution in [3.05, 3.63) is 59.2 Å². The topological polar surface area (TPSA) is 59.9 Å². The van der Waals surface area contributed by atoms with Gasteiger partial charge in [0.15, 0.2) is 11.5 Å². The molecular weight excluding hydrogens is 280 g/mol. The quantitative estimate of drug-likeness (QED) is 0.700. The molecule has 1 aliphatic rings. The van der Waals surface area contributed by atoms with Crippen LogP contribution in [0, 0.1) is 6.92 Å². The Kier molecular flexibility index (Phi) is 3.78. The predicted octanol–water partition coefficient (Wildman–Crippen LogP) is 2.88. The van der Waals surface area contributed by atoms with Gasteiger partial charge in [0.25, 0.3) is 5.91 Å². The number of amides is 1. The number of ether oxygens (including phenoxy) is 2. The molecule has 0 spiro atoms. The molecule has 0 aliphatic carbocycles. The van der Waals surface area contributed by atoms with Gasteiger partial charge in [0, 0.05) is 11.1 Å². The minimum absolute atomic E-state index is 0.235. The van der Waals surface area contributed by atoms with E-state index < -0.39 is 0 Å². The van der Waals surface area contributed by atoms with Gasteiger partial charge in [-0.15, -0.1) is 0 Å². The molecule has 1 N–H and O–H groups in total. The summed E-state index contributed by atoms with van der Waals surface area (Å²) in [7, 11) is 0. The zero-order valence-corrected chi connectivity index (χ0v) is 12.4. The van der Waals surface area contributed by atoms with E-state index in [0.29, 0.717) is 17.0 Å². The molecule has 0 saturated heterocycles. The van der Waals surface area contributed by atoms with Gasteiger partial charge in [-0.05, 0) is 44.2 Å². The van der Waals surface area contributed by atoms with E-state index in [9.17, 15) is 4.79 Å². The highest BCUT2D eigenvalue weighted by molar-refractivity contribution is 6.01. The fraction of sp³-hybridized carbons (Fsp3) is 0.176. The second-order valence-electron chi connectivity index (χ2n) is 5.07. The Bertz CT molecular complexity index is 736. The van der Waals surface area contributed by atoms with Crippen LogP contribution in [0.3, 0.4) is 0 Å². The second-order valence-corrected chi connectivity index (χ2v) is 5.07. The number of fused-ring (bicyclic) bond motifs is 1. The largest absolute Gasteiger partial charge is 0.454 e. The van der Waals surface area contributed by atoms with Crippen LogP contribution in [-0.4, -0.2) is 18.4 Å². The Hall–Kier alpha value is -2.82. The maximum atomic E-state index is 12.0. The third-order valence-electron chi connectivity index (χ3n) is 3.43. The van der Waals surface area contributed by atoms with Gasteiger partial charge in [-0.25, -0.2) is 5.43 Å². The third kappa shape index (κ3) is 2.93. The van der Waals surface area contributed by atoms with E-state index in [4.69, 9.17) is 9.47 Å². The number of aryl methyl sites for hydroxylation is 1. The van der Waals surface area contributed by atoms with Gasteiger partial charge in [0.05, 0.1) is 5.71 Å². The molecule has 5 heteroatoms. The summed E-state index contributed by atoms with van der Waals surface area (Å²) in [4.78, 5) is 12.0. The van der Waals surface area contributed by atoms with Crippen LogP contribution >= 0.6 is 0 Å². The maximum Gasteiger partial charge on any atom is 0.271 e. The van der Waals surface area contributed by atoms with Crippen LogP contribution in [0.2, 0.25) is 0 Å². The van der Waals surface area contributed by atoms with Gasteiger partial charge < -0.3 is 9.47 Å². The number of hydrazone groups is 1. The fourth-order valence-electron chi connectivity index (χ4n) is 2.09. The minimum atomic E-state index is -0.236. The molecule has 2 aromatic carbocycles. The standard InChI is InChI=1S/C17H16N2O3/c1-11-3-5-13(6-4-11)17(20)19-18-12(2)14-7-8-15-16(9-14)22-10-21-15/h3-9H,10H2,1-2H3,(H,19,20). The number of carbonyl (C=O) groups excluding carboxylic acids is 1. The summed E-state index contributed by atoms with van der Waals surface area (Å²) in [5, 5.41) is 4.14. The van der Waals surface area contributed by atoms with Crippen LogP contribution < -0.4 is 14.9 Å². The van der Waals surface area contributed by atoms with Crippen molar-refractivity contribution in [1.82, 2.24) is 5.43 Å². The number of nitrogens with one attached hydrogen (secondary N) is 1. The van der Waals surface area contributed by atoms with E-state index >= 15 is 0 Å². The lowest BCUT2D eigenvalue weighted by Gasteiger charge is -2.04. The average molecular weight is 296 g/mol. The summed E-state index contributed by atoms with van der Waals surface area (Å²) in [6.07, 6.45) is 0. The van der Waals surface area contributed by atoms with Crippen LogP contribution in [0.4, 0.5) is 0 Å². The highest BCUT2D eigenvalue weighted by Gasteiger charge is 2.14. The highest BCUT2D eigenvalue weighted by Crippen LogP contribution is 2.32. The SMILES string of the molecule is CC(=NNC(=O)c1ccc(C)cc1)c1ccc2c(c1)OCO2. The summed E-state index contributed by atoms with van der Waals surface area (Å²) in [6, 6.07) is 12.9. The van der Waals surface area contributed by atoms with Crippen molar-refractivity contribution >= 4 is 11.6 Å². The Balaban J connectivity index is 1.72. The van der Waals surface area contributed by atoms with Gasteiger partial charge >= 0.3 is 0 Å². The molecule has 0 fully saturated rings. The second kappa shape index (κ2) is 5.89. The average Bonchev–Trinajstić information content (AvgIpc) is 3.00. The van der Waals surface area contributed by atoms with E-state index in [-0.39, 0.29) is 12.7 Å². The summed E-state index contributed by atoms with van der Waals surface area (Å²) in [5.74, 6) is 1.18. The van der Waals surface area contributed by atoms with Gasteiger partial charge in [-0.1, -0.05) is 17.7 Å². The molecule has 0 radical (unpaired) electrons. The summed E-state index contributed by atoms with van der Waals surface area (Å²) < 4.78 is 10.6. The monoisotopic (exact) mass is 296 g/mol. The lowest BCUT2D eigenvalue weighted by molar-refractivity contribution is 0.0955. The van der Waals surface area contributed by atoms with E-state index in [1.807, 2.05) is 44.2 Å². The minimum Gasteiger partial charge on any atom is -0.454 e. The maximum absolute atomic E-state index is 12.0. The summed E-state index contributed by atoms with van der Waals surface area (Å²) in [5.41, 5.74) is 5.81. The molecular formula is C17H16N2O3. The number of hydrogen-bond donors (Lipinski definition) is 1. The van der Waals surface area contributed by atoms with Crippen molar-refractivity contribution in [3.63, 3.8) is 0 Å². The molecule has 3 rings (SSSR count). The first-order valence-electron chi connectivity index (χ1n) is 6.95. The van der Waals surface area contributed by atoms with Gasteiger partial charge in [0.2, 0.25) is 6.79 Å². The molecule has 22 heavy (non-hydrogen) atoms. The lowest BCUT2D eigenvalue weighted by atomic mass is 10.1. The number of nitrogens with zero attached hydrogens (tertiary/aromatic N) is 1. The molecule has 1 heterocycles. The van der Waals surface area contributed by atoms with Crippen LogP contribution in [-0.2, 0) is 0 Å². The molecule has 1 amide bonds. The van der Waals surface area contributed by atoms with E-state index in [2.05, 4.69) is 10.5 Å². The van der Waals surface area contributed by atoms with Crippen LogP contribution in [0.25, 0.3) is 0 Å². The van der Waals surface area contributed by atoms with Crippen molar-refractivity contribution in [2.75, 3.05) is 6.79 Å².